The molecule has 1 saturated heterocycles. The molecule has 1 rings (SSSR count). The summed E-state index contributed by atoms with van der Waals surface area (Å²) in [4.78, 5) is 24.4. The number of carbonyl (C=O) groups is 2. The monoisotopic (exact) mass is 243 g/mol. The smallest absolute Gasteiger partial charge is 0.305 e. The Hall–Kier alpha value is -1.14. The Balaban J connectivity index is 2.02. The number of nitrogens with one attached hydrogen (secondary N) is 2. The minimum Gasteiger partial charge on any atom is -0.469 e. The molecule has 1 aliphatic heterocycles. The van der Waals surface area contributed by atoms with E-state index in [1.807, 2.05) is 11.9 Å². The van der Waals surface area contributed by atoms with Crippen LogP contribution in [-0.4, -0.2) is 63.2 Å². The van der Waals surface area contributed by atoms with Crippen molar-refractivity contribution in [3.8, 4) is 0 Å². The average Bonchev–Trinajstić information content (AvgIpc) is 2.21. The van der Waals surface area contributed by atoms with Crippen LogP contribution in [0.15, 0.2) is 0 Å². The predicted molar refractivity (Wildman–Crippen MR) is 63.5 cm³/mol. The molecule has 0 spiro atoms. The highest BCUT2D eigenvalue weighted by Gasteiger charge is 2.22. The first-order valence-corrected chi connectivity index (χ1v) is 5.88. The van der Waals surface area contributed by atoms with Crippen LogP contribution >= 0.6 is 0 Å². The first kappa shape index (κ1) is 13.9. The summed E-state index contributed by atoms with van der Waals surface area (Å²) in [6.07, 6.45) is 0.965. The number of likely N-dealkylation sites (N-methyl/N-ethyl adjacent to an activating group) is 1. The molecule has 0 aromatic carbocycles. The number of esters is 1. The molecular formula is C11H21N3O3. The van der Waals surface area contributed by atoms with Crippen molar-refractivity contribution >= 4 is 11.9 Å². The fourth-order valence-electron chi connectivity index (χ4n) is 1.56. The highest BCUT2D eigenvalue weighted by atomic mass is 16.5. The third kappa shape index (κ3) is 5.14. The van der Waals surface area contributed by atoms with Crippen LogP contribution in [0, 0.1) is 0 Å². The van der Waals surface area contributed by atoms with Gasteiger partial charge in [0, 0.05) is 32.1 Å². The third-order valence-electron chi connectivity index (χ3n) is 2.88. The van der Waals surface area contributed by atoms with E-state index in [1.54, 1.807) is 0 Å². The van der Waals surface area contributed by atoms with Gasteiger partial charge in [0.15, 0.2) is 0 Å². The lowest BCUT2D eigenvalue weighted by Crippen LogP contribution is -2.57. The van der Waals surface area contributed by atoms with Gasteiger partial charge in [-0.1, -0.05) is 0 Å². The van der Waals surface area contributed by atoms with Crippen molar-refractivity contribution < 1.29 is 14.3 Å². The van der Waals surface area contributed by atoms with E-state index in [0.29, 0.717) is 32.0 Å². The first-order valence-electron chi connectivity index (χ1n) is 5.88. The summed E-state index contributed by atoms with van der Waals surface area (Å²) in [7, 11) is 3.31. The van der Waals surface area contributed by atoms with Crippen LogP contribution in [0.5, 0.6) is 0 Å². The van der Waals surface area contributed by atoms with Crippen molar-refractivity contribution in [1.82, 2.24) is 15.5 Å². The second-order valence-corrected chi connectivity index (χ2v) is 4.26. The van der Waals surface area contributed by atoms with Gasteiger partial charge in [0.1, 0.15) is 0 Å². The summed E-state index contributed by atoms with van der Waals surface area (Å²) in [5.41, 5.74) is 0. The molecule has 6 heteroatoms. The van der Waals surface area contributed by atoms with Gasteiger partial charge in [0.25, 0.3) is 0 Å². The summed E-state index contributed by atoms with van der Waals surface area (Å²) in [5.74, 6) is -0.235. The van der Waals surface area contributed by atoms with Crippen LogP contribution < -0.4 is 10.6 Å². The quantitative estimate of drug-likeness (QED) is 0.441. The van der Waals surface area contributed by atoms with Crippen molar-refractivity contribution in [2.24, 2.45) is 0 Å². The van der Waals surface area contributed by atoms with E-state index >= 15 is 0 Å². The first-order chi connectivity index (χ1) is 8.13. The van der Waals surface area contributed by atoms with Gasteiger partial charge in [0.05, 0.1) is 13.7 Å². The maximum Gasteiger partial charge on any atom is 0.305 e. The van der Waals surface area contributed by atoms with E-state index in [9.17, 15) is 9.59 Å². The normalized spacial score (nSPS) is 15.5. The number of nitrogens with zero attached hydrogens (tertiary/aromatic N) is 1. The minimum atomic E-state index is -0.239. The molecular weight excluding hydrogens is 222 g/mol. The van der Waals surface area contributed by atoms with E-state index in [1.165, 1.54) is 7.11 Å². The number of hydrogen-bond donors (Lipinski definition) is 2. The summed E-state index contributed by atoms with van der Waals surface area (Å²) < 4.78 is 4.51. The highest BCUT2D eigenvalue weighted by Crippen LogP contribution is 2.00. The third-order valence-corrected chi connectivity index (χ3v) is 2.88. The predicted octanol–water partition coefficient (Wildman–Crippen LogP) is -1.04. The maximum absolute atomic E-state index is 11.5. The molecule has 0 aromatic rings. The lowest BCUT2D eigenvalue weighted by Gasteiger charge is -2.35. The van der Waals surface area contributed by atoms with E-state index in [2.05, 4.69) is 15.4 Å². The van der Waals surface area contributed by atoms with Gasteiger partial charge in [-0.15, -0.1) is 0 Å². The van der Waals surface area contributed by atoms with Crippen molar-refractivity contribution in [2.45, 2.75) is 18.9 Å². The molecule has 0 bridgehead atoms. The van der Waals surface area contributed by atoms with Gasteiger partial charge in [-0.2, -0.15) is 0 Å². The molecule has 0 atom stereocenters. The van der Waals surface area contributed by atoms with Crippen LogP contribution in [0.1, 0.15) is 12.8 Å². The number of hydrogen-bond acceptors (Lipinski definition) is 5. The van der Waals surface area contributed by atoms with Crippen LogP contribution in [0.25, 0.3) is 0 Å². The van der Waals surface area contributed by atoms with Crippen LogP contribution in [0.2, 0.25) is 0 Å². The Labute approximate surface area is 102 Å². The van der Waals surface area contributed by atoms with Crippen LogP contribution in [-0.2, 0) is 14.3 Å². The van der Waals surface area contributed by atoms with Gasteiger partial charge in [-0.05, 0) is 13.5 Å². The zero-order valence-electron chi connectivity index (χ0n) is 10.5. The maximum atomic E-state index is 11.5. The van der Waals surface area contributed by atoms with Crippen LogP contribution in [0.4, 0.5) is 0 Å². The lowest BCUT2D eigenvalue weighted by molar-refractivity contribution is -0.140. The zero-order chi connectivity index (χ0) is 12.7. The fourth-order valence-corrected chi connectivity index (χ4v) is 1.56. The Kier molecular flexibility index (Phi) is 5.93. The molecule has 0 aliphatic carbocycles. The number of ether oxygens (including phenoxy) is 1. The minimum absolute atomic E-state index is 0.00395. The van der Waals surface area contributed by atoms with Gasteiger partial charge in [-0.3, -0.25) is 14.5 Å². The molecule has 0 radical (unpaired) electrons. The average molecular weight is 243 g/mol. The van der Waals surface area contributed by atoms with E-state index < -0.39 is 0 Å². The zero-order valence-corrected chi connectivity index (χ0v) is 10.5. The second-order valence-electron chi connectivity index (χ2n) is 4.26. The molecule has 0 saturated carbocycles. The Morgan fingerprint density at radius 2 is 2.18 bits per heavy atom. The van der Waals surface area contributed by atoms with E-state index in [4.69, 9.17) is 0 Å². The molecule has 1 aliphatic rings. The van der Waals surface area contributed by atoms with Gasteiger partial charge >= 0.3 is 5.97 Å². The van der Waals surface area contributed by atoms with E-state index in [0.717, 1.165) is 13.1 Å². The molecule has 1 amide bonds. The SMILES string of the molecule is COC(=O)CCCNC(=O)CN(C)C1CNC1. The molecule has 98 valence electrons. The molecule has 0 unspecified atom stereocenters. The molecule has 17 heavy (non-hydrogen) atoms. The number of carbonyl (C=O) groups excluding carboxylic acids is 2. The topological polar surface area (TPSA) is 70.7 Å². The van der Waals surface area contributed by atoms with Crippen molar-refractivity contribution in [3.05, 3.63) is 0 Å². The lowest BCUT2D eigenvalue weighted by atomic mass is 10.1. The molecule has 2 N–H and O–H groups in total. The summed E-state index contributed by atoms with van der Waals surface area (Å²) in [6.45, 7) is 2.83. The van der Waals surface area contributed by atoms with Crippen molar-refractivity contribution in [3.63, 3.8) is 0 Å². The van der Waals surface area contributed by atoms with Gasteiger partial charge < -0.3 is 15.4 Å². The van der Waals surface area contributed by atoms with E-state index in [-0.39, 0.29) is 11.9 Å². The summed E-state index contributed by atoms with van der Waals surface area (Å²) >= 11 is 0. The Morgan fingerprint density at radius 1 is 1.47 bits per heavy atom. The largest absolute Gasteiger partial charge is 0.469 e. The van der Waals surface area contributed by atoms with Gasteiger partial charge in [-0.25, -0.2) is 0 Å². The Morgan fingerprint density at radius 3 is 2.71 bits per heavy atom. The van der Waals surface area contributed by atoms with Crippen molar-refractivity contribution in [2.75, 3.05) is 40.3 Å². The number of methoxy groups -OCH3 is 1. The molecule has 6 nitrogen and oxygen atoms in total. The number of rotatable bonds is 7. The fraction of sp³-hybridized carbons (Fsp3) is 0.818. The summed E-state index contributed by atoms with van der Waals surface area (Å²) in [5, 5.41) is 5.95. The highest BCUT2D eigenvalue weighted by molar-refractivity contribution is 5.78. The van der Waals surface area contributed by atoms with Gasteiger partial charge in [0.2, 0.25) is 5.91 Å². The van der Waals surface area contributed by atoms with Crippen molar-refractivity contribution in [1.29, 1.82) is 0 Å². The summed E-state index contributed by atoms with van der Waals surface area (Å²) in [6, 6.07) is 0.468. The molecule has 0 aromatic heterocycles. The number of amides is 1. The molecule has 1 fully saturated rings. The Bertz CT molecular complexity index is 267. The van der Waals surface area contributed by atoms with Crippen LogP contribution in [0.3, 0.4) is 0 Å². The second kappa shape index (κ2) is 7.24. The molecule has 1 heterocycles. The standard InChI is InChI=1S/C11H21N3O3/c1-14(9-6-12-7-9)8-10(15)13-5-3-4-11(16)17-2/h9,12H,3-8H2,1-2H3,(H,13,15).